The second-order valence-corrected chi connectivity index (χ2v) is 4.40. The number of ether oxygens (including phenoxy) is 1. The van der Waals surface area contributed by atoms with Gasteiger partial charge in [0, 0.05) is 18.0 Å². The minimum atomic E-state index is -0.426. The van der Waals surface area contributed by atoms with Crippen LogP contribution in [-0.2, 0) is 4.74 Å². The van der Waals surface area contributed by atoms with Gasteiger partial charge in [-0.15, -0.1) is 0 Å². The van der Waals surface area contributed by atoms with Crippen molar-refractivity contribution in [2.75, 3.05) is 7.11 Å². The molecule has 1 heterocycles. The zero-order chi connectivity index (χ0) is 13.1. The molecular formula is C13H9Cl2NO2. The van der Waals surface area contributed by atoms with Crippen LogP contribution in [0.4, 0.5) is 0 Å². The molecule has 92 valence electrons. The van der Waals surface area contributed by atoms with Gasteiger partial charge in [-0.3, -0.25) is 4.98 Å². The van der Waals surface area contributed by atoms with Gasteiger partial charge in [-0.2, -0.15) is 0 Å². The Labute approximate surface area is 114 Å². The number of carbonyl (C=O) groups excluding carboxylic acids is 1. The first-order valence-corrected chi connectivity index (χ1v) is 5.86. The average molecular weight is 282 g/mol. The zero-order valence-electron chi connectivity index (χ0n) is 9.48. The summed E-state index contributed by atoms with van der Waals surface area (Å²) in [4.78, 5) is 15.4. The third-order valence-corrected chi connectivity index (χ3v) is 3.15. The number of aromatic nitrogens is 1. The molecule has 0 aliphatic carbocycles. The molecule has 3 nitrogen and oxygen atoms in total. The van der Waals surface area contributed by atoms with Crippen molar-refractivity contribution >= 4 is 29.2 Å². The average Bonchev–Trinajstić information content (AvgIpc) is 2.41. The minimum absolute atomic E-state index is 0.390. The van der Waals surface area contributed by atoms with Gasteiger partial charge in [0.15, 0.2) is 0 Å². The van der Waals surface area contributed by atoms with E-state index in [-0.39, 0.29) is 0 Å². The van der Waals surface area contributed by atoms with E-state index in [0.717, 1.165) is 11.1 Å². The third kappa shape index (κ3) is 2.63. The molecule has 0 atom stereocenters. The van der Waals surface area contributed by atoms with E-state index < -0.39 is 5.97 Å². The summed E-state index contributed by atoms with van der Waals surface area (Å²) >= 11 is 11.8. The highest BCUT2D eigenvalue weighted by Crippen LogP contribution is 2.28. The molecule has 0 spiro atoms. The maximum atomic E-state index is 11.4. The first-order valence-electron chi connectivity index (χ1n) is 5.10. The van der Waals surface area contributed by atoms with Crippen molar-refractivity contribution in [1.82, 2.24) is 4.98 Å². The molecule has 1 aromatic carbocycles. The van der Waals surface area contributed by atoms with Crippen LogP contribution in [0.2, 0.25) is 10.0 Å². The number of hydrogen-bond acceptors (Lipinski definition) is 3. The Hall–Kier alpha value is -1.58. The summed E-state index contributed by atoms with van der Waals surface area (Å²) in [5.41, 5.74) is 2.00. The number of hydrogen-bond donors (Lipinski definition) is 0. The van der Waals surface area contributed by atoms with Crippen molar-refractivity contribution in [3.8, 4) is 11.1 Å². The quantitative estimate of drug-likeness (QED) is 0.785. The molecule has 0 aliphatic rings. The van der Waals surface area contributed by atoms with Crippen molar-refractivity contribution < 1.29 is 9.53 Å². The number of methoxy groups -OCH3 is 1. The Morgan fingerprint density at radius 2 is 1.89 bits per heavy atom. The SMILES string of the molecule is COC(=O)c1cncc(-c2ccc(Cl)c(Cl)c2)c1. The van der Waals surface area contributed by atoms with Crippen LogP contribution in [-0.4, -0.2) is 18.1 Å². The van der Waals surface area contributed by atoms with E-state index in [1.54, 1.807) is 24.4 Å². The highest BCUT2D eigenvalue weighted by atomic mass is 35.5. The predicted octanol–water partition coefficient (Wildman–Crippen LogP) is 3.84. The lowest BCUT2D eigenvalue weighted by Gasteiger charge is -2.05. The van der Waals surface area contributed by atoms with Crippen LogP contribution in [0.3, 0.4) is 0 Å². The lowest BCUT2D eigenvalue weighted by molar-refractivity contribution is 0.0600. The smallest absolute Gasteiger partial charge is 0.339 e. The molecule has 0 aliphatic heterocycles. The number of nitrogens with zero attached hydrogens (tertiary/aromatic N) is 1. The van der Waals surface area contributed by atoms with E-state index >= 15 is 0 Å². The van der Waals surface area contributed by atoms with E-state index in [4.69, 9.17) is 23.2 Å². The van der Waals surface area contributed by atoms with Crippen LogP contribution in [0.15, 0.2) is 36.7 Å². The van der Waals surface area contributed by atoms with Gasteiger partial charge in [-0.05, 0) is 23.8 Å². The molecule has 0 fully saturated rings. The van der Waals surface area contributed by atoms with E-state index in [1.807, 2.05) is 6.07 Å². The monoisotopic (exact) mass is 281 g/mol. The summed E-state index contributed by atoms with van der Waals surface area (Å²) in [6.07, 6.45) is 3.10. The standard InChI is InChI=1S/C13H9Cl2NO2/c1-18-13(17)10-4-9(6-16-7-10)8-2-3-11(14)12(15)5-8/h2-7H,1H3. The number of carbonyl (C=O) groups is 1. The lowest BCUT2D eigenvalue weighted by atomic mass is 10.1. The van der Waals surface area contributed by atoms with Crippen molar-refractivity contribution in [3.63, 3.8) is 0 Å². The molecule has 18 heavy (non-hydrogen) atoms. The van der Waals surface area contributed by atoms with Crippen molar-refractivity contribution in [1.29, 1.82) is 0 Å². The normalized spacial score (nSPS) is 10.2. The lowest BCUT2D eigenvalue weighted by Crippen LogP contribution is -2.01. The molecular weight excluding hydrogens is 273 g/mol. The van der Waals surface area contributed by atoms with E-state index in [0.29, 0.717) is 15.6 Å². The fourth-order valence-electron chi connectivity index (χ4n) is 1.50. The van der Waals surface area contributed by atoms with Gasteiger partial charge < -0.3 is 4.74 Å². The molecule has 2 rings (SSSR count). The number of pyridine rings is 1. The van der Waals surface area contributed by atoms with Crippen molar-refractivity contribution in [2.45, 2.75) is 0 Å². The molecule has 0 bridgehead atoms. The molecule has 5 heteroatoms. The Morgan fingerprint density at radius 3 is 2.56 bits per heavy atom. The number of esters is 1. The summed E-state index contributed by atoms with van der Waals surface area (Å²) in [6, 6.07) is 6.93. The second kappa shape index (κ2) is 5.38. The number of halogens is 2. The Kier molecular flexibility index (Phi) is 3.84. The van der Waals surface area contributed by atoms with Crippen LogP contribution in [0.5, 0.6) is 0 Å². The first kappa shape index (κ1) is 12.9. The third-order valence-electron chi connectivity index (χ3n) is 2.41. The topological polar surface area (TPSA) is 39.2 Å². The number of benzene rings is 1. The predicted molar refractivity (Wildman–Crippen MR) is 71.0 cm³/mol. The highest BCUT2D eigenvalue weighted by molar-refractivity contribution is 6.42. The first-order chi connectivity index (χ1) is 8.61. The Balaban J connectivity index is 2.44. The molecule has 0 saturated heterocycles. The Bertz CT molecular complexity index is 599. The van der Waals surface area contributed by atoms with Gasteiger partial charge in [0.2, 0.25) is 0 Å². The molecule has 0 radical (unpaired) electrons. The van der Waals surface area contributed by atoms with E-state index in [1.165, 1.54) is 13.3 Å². The van der Waals surface area contributed by atoms with Gasteiger partial charge in [0.1, 0.15) is 0 Å². The van der Waals surface area contributed by atoms with Gasteiger partial charge in [-0.1, -0.05) is 29.3 Å². The minimum Gasteiger partial charge on any atom is -0.465 e. The number of rotatable bonds is 2. The van der Waals surface area contributed by atoms with E-state index in [9.17, 15) is 4.79 Å². The van der Waals surface area contributed by atoms with Crippen LogP contribution in [0.1, 0.15) is 10.4 Å². The molecule has 0 saturated carbocycles. The summed E-state index contributed by atoms with van der Waals surface area (Å²) < 4.78 is 4.64. The fourth-order valence-corrected chi connectivity index (χ4v) is 1.80. The maximum Gasteiger partial charge on any atom is 0.339 e. The largest absolute Gasteiger partial charge is 0.465 e. The molecule has 0 N–H and O–H groups in total. The summed E-state index contributed by atoms with van der Waals surface area (Å²) in [7, 11) is 1.33. The summed E-state index contributed by atoms with van der Waals surface area (Å²) in [6.45, 7) is 0. The van der Waals surface area contributed by atoms with Crippen LogP contribution in [0.25, 0.3) is 11.1 Å². The summed E-state index contributed by atoms with van der Waals surface area (Å²) in [5.74, 6) is -0.426. The maximum absolute atomic E-state index is 11.4. The van der Waals surface area contributed by atoms with Crippen molar-refractivity contribution in [3.05, 3.63) is 52.3 Å². The molecule has 0 unspecified atom stereocenters. The van der Waals surface area contributed by atoms with E-state index in [2.05, 4.69) is 9.72 Å². The summed E-state index contributed by atoms with van der Waals surface area (Å²) in [5, 5.41) is 0.940. The zero-order valence-corrected chi connectivity index (χ0v) is 11.0. The van der Waals surface area contributed by atoms with Gasteiger partial charge >= 0.3 is 5.97 Å². The molecule has 0 amide bonds. The van der Waals surface area contributed by atoms with Crippen LogP contribution >= 0.6 is 23.2 Å². The second-order valence-electron chi connectivity index (χ2n) is 3.58. The van der Waals surface area contributed by atoms with Gasteiger partial charge in [-0.25, -0.2) is 4.79 Å². The van der Waals surface area contributed by atoms with Gasteiger partial charge in [0.25, 0.3) is 0 Å². The molecule has 1 aromatic heterocycles. The van der Waals surface area contributed by atoms with Gasteiger partial charge in [0.05, 0.1) is 22.7 Å². The molecule has 2 aromatic rings. The highest BCUT2D eigenvalue weighted by Gasteiger charge is 2.08. The van der Waals surface area contributed by atoms with Crippen LogP contribution in [0, 0.1) is 0 Å². The van der Waals surface area contributed by atoms with Crippen LogP contribution < -0.4 is 0 Å². The Morgan fingerprint density at radius 1 is 1.11 bits per heavy atom. The fraction of sp³-hybridized carbons (Fsp3) is 0.0769. The van der Waals surface area contributed by atoms with Crippen molar-refractivity contribution in [2.24, 2.45) is 0 Å².